The minimum absolute atomic E-state index is 0.0315. The number of nitrogens with two attached hydrogens (primary N) is 1. The lowest BCUT2D eigenvalue weighted by molar-refractivity contribution is -0.118. The van der Waals surface area contributed by atoms with Crippen molar-refractivity contribution < 1.29 is 13.2 Å². The minimum Gasteiger partial charge on any atom is -0.369 e. The third-order valence-electron chi connectivity index (χ3n) is 4.44. The third kappa shape index (κ3) is 4.55. The zero-order valence-corrected chi connectivity index (χ0v) is 18.0. The number of nitrogens with zero attached hydrogens (tertiary/aromatic N) is 2. The molecule has 0 spiro atoms. The number of aromatic nitrogens is 1. The van der Waals surface area contributed by atoms with Gasteiger partial charge in [-0.15, -0.1) is 4.40 Å². The van der Waals surface area contributed by atoms with Crippen LogP contribution >= 0.6 is 11.6 Å². The Kier molecular flexibility index (Phi) is 6.28. The molecule has 1 heterocycles. The Morgan fingerprint density at radius 2 is 1.93 bits per heavy atom. The fourth-order valence-electron chi connectivity index (χ4n) is 3.08. The maximum absolute atomic E-state index is 13.0. The molecule has 156 valence electrons. The molecule has 1 unspecified atom stereocenters. The van der Waals surface area contributed by atoms with E-state index >= 15 is 0 Å². The molecule has 9 heteroatoms. The molecule has 1 aromatic heterocycles. The van der Waals surface area contributed by atoms with Crippen molar-refractivity contribution in [2.45, 2.75) is 10.8 Å². The first-order valence-corrected chi connectivity index (χ1v) is 10.8. The number of amides is 1. The number of benzene rings is 2. The van der Waals surface area contributed by atoms with Gasteiger partial charge >= 0.3 is 0 Å². The van der Waals surface area contributed by atoms with E-state index in [9.17, 15) is 13.2 Å². The predicted molar refractivity (Wildman–Crippen MR) is 118 cm³/mol. The van der Waals surface area contributed by atoms with E-state index in [2.05, 4.69) is 9.38 Å². The minimum atomic E-state index is -4.06. The number of nitrogens with one attached hydrogen (secondary N) is 1. The molecule has 0 fully saturated rings. The van der Waals surface area contributed by atoms with Gasteiger partial charge in [-0.3, -0.25) is 4.79 Å². The highest BCUT2D eigenvalue weighted by atomic mass is 35.5. The maximum atomic E-state index is 13.0. The van der Waals surface area contributed by atoms with E-state index in [1.165, 1.54) is 17.3 Å². The van der Waals surface area contributed by atoms with Crippen LogP contribution in [0.4, 0.5) is 0 Å². The van der Waals surface area contributed by atoms with Crippen molar-refractivity contribution >= 4 is 33.9 Å². The Hall–Kier alpha value is -3.10. The summed E-state index contributed by atoms with van der Waals surface area (Å²) in [5.74, 6) is -1.55. The fraction of sp³-hybridized carbons (Fsp3) is 0.143. The lowest BCUT2D eigenvalue weighted by Gasteiger charge is -2.18. The van der Waals surface area contributed by atoms with E-state index < -0.39 is 21.8 Å². The van der Waals surface area contributed by atoms with Crippen LogP contribution in [0.2, 0.25) is 5.02 Å². The summed E-state index contributed by atoms with van der Waals surface area (Å²) in [4.78, 5) is 16.7. The molecular formula is C21H21ClN4O3S. The van der Waals surface area contributed by atoms with Gasteiger partial charge in [-0.05, 0) is 29.3 Å². The molecule has 2 aromatic carbocycles. The number of carbonyl (C=O) groups is 1. The normalized spacial score (nSPS) is 12.8. The number of sulfonamides is 1. The standard InChI is InChI=1S/C21H21ClN4O3S/c1-26(2)13-25-30(28,29)19-11-14(7-8-16(19)15-9-10-24-12-15)20(21(23)27)17-5-3-4-6-18(17)22/h3-13,20,24H,1-2H3,(H2,23,27)/b25-13+. The molecule has 3 aromatic rings. The second-order valence-corrected chi connectivity index (χ2v) is 8.88. The number of rotatable bonds is 7. The number of hydrogen-bond donors (Lipinski definition) is 2. The molecule has 3 N–H and O–H groups in total. The molecule has 0 saturated heterocycles. The number of primary amides is 1. The summed E-state index contributed by atoms with van der Waals surface area (Å²) in [5.41, 5.74) is 7.71. The van der Waals surface area contributed by atoms with E-state index in [1.54, 1.807) is 69.0 Å². The topological polar surface area (TPSA) is 109 Å². The SMILES string of the molecule is CN(C)/C=N/S(=O)(=O)c1cc(C(C(N)=O)c2ccccc2Cl)ccc1-c1cc[nH]c1. The molecule has 0 aliphatic rings. The van der Waals surface area contributed by atoms with Crippen LogP contribution in [0.25, 0.3) is 11.1 Å². The lowest BCUT2D eigenvalue weighted by Crippen LogP contribution is -2.23. The summed E-state index contributed by atoms with van der Waals surface area (Å²) < 4.78 is 29.8. The second kappa shape index (κ2) is 8.73. The second-order valence-electron chi connectivity index (χ2n) is 6.87. The van der Waals surface area contributed by atoms with E-state index in [1.807, 2.05) is 0 Å². The Morgan fingerprint density at radius 1 is 1.20 bits per heavy atom. The summed E-state index contributed by atoms with van der Waals surface area (Å²) >= 11 is 6.28. The summed E-state index contributed by atoms with van der Waals surface area (Å²) in [5, 5.41) is 0.367. The van der Waals surface area contributed by atoms with E-state index in [4.69, 9.17) is 17.3 Å². The zero-order valence-electron chi connectivity index (χ0n) is 16.4. The summed E-state index contributed by atoms with van der Waals surface area (Å²) in [6.07, 6.45) is 4.59. The average molecular weight is 445 g/mol. The lowest BCUT2D eigenvalue weighted by atomic mass is 9.89. The van der Waals surface area contributed by atoms with Crippen molar-refractivity contribution in [2.24, 2.45) is 10.1 Å². The highest BCUT2D eigenvalue weighted by Gasteiger charge is 2.26. The van der Waals surface area contributed by atoms with Crippen molar-refractivity contribution in [3.8, 4) is 11.1 Å². The van der Waals surface area contributed by atoms with Gasteiger partial charge in [0.25, 0.3) is 10.0 Å². The van der Waals surface area contributed by atoms with Crippen LogP contribution in [-0.4, -0.2) is 44.6 Å². The van der Waals surface area contributed by atoms with Crippen molar-refractivity contribution in [3.05, 3.63) is 77.1 Å². The number of aromatic amines is 1. The van der Waals surface area contributed by atoms with Gasteiger partial charge in [-0.1, -0.05) is 41.9 Å². The highest BCUT2D eigenvalue weighted by Crippen LogP contribution is 2.35. The summed E-state index contributed by atoms with van der Waals surface area (Å²) in [7, 11) is -0.718. The molecule has 1 amide bonds. The van der Waals surface area contributed by atoms with Crippen LogP contribution in [0.1, 0.15) is 17.0 Å². The van der Waals surface area contributed by atoms with Crippen LogP contribution in [0.3, 0.4) is 0 Å². The van der Waals surface area contributed by atoms with Gasteiger partial charge < -0.3 is 15.6 Å². The van der Waals surface area contributed by atoms with Crippen molar-refractivity contribution in [3.63, 3.8) is 0 Å². The van der Waals surface area contributed by atoms with Gasteiger partial charge in [0.05, 0.1) is 10.8 Å². The zero-order chi connectivity index (χ0) is 21.9. The first-order chi connectivity index (χ1) is 14.2. The van der Waals surface area contributed by atoms with Crippen LogP contribution in [0.15, 0.2) is 70.2 Å². The molecule has 7 nitrogen and oxygen atoms in total. The molecule has 0 aliphatic heterocycles. The molecule has 3 rings (SSSR count). The number of carbonyl (C=O) groups excluding carboxylic acids is 1. The Balaban J connectivity index is 2.23. The quantitative estimate of drug-likeness (QED) is 0.430. The molecule has 1 atom stereocenters. The van der Waals surface area contributed by atoms with Crippen molar-refractivity contribution in [2.75, 3.05) is 14.1 Å². The van der Waals surface area contributed by atoms with Crippen molar-refractivity contribution in [1.82, 2.24) is 9.88 Å². The van der Waals surface area contributed by atoms with Crippen LogP contribution in [-0.2, 0) is 14.8 Å². The monoisotopic (exact) mass is 444 g/mol. The van der Waals surface area contributed by atoms with Crippen LogP contribution in [0, 0.1) is 0 Å². The predicted octanol–water partition coefficient (Wildman–Crippen LogP) is 3.23. The Bertz CT molecular complexity index is 1190. The first kappa shape index (κ1) is 21.6. The fourth-order valence-corrected chi connectivity index (χ4v) is 4.50. The Morgan fingerprint density at radius 3 is 2.53 bits per heavy atom. The molecule has 0 saturated carbocycles. The van der Waals surface area contributed by atoms with Crippen LogP contribution in [0.5, 0.6) is 0 Å². The number of halogens is 1. The highest BCUT2D eigenvalue weighted by molar-refractivity contribution is 7.90. The molecule has 0 bridgehead atoms. The maximum Gasteiger partial charge on any atom is 0.284 e. The molecule has 0 aliphatic carbocycles. The first-order valence-electron chi connectivity index (χ1n) is 8.98. The van der Waals surface area contributed by atoms with Gasteiger partial charge in [0.1, 0.15) is 6.34 Å². The molecular weight excluding hydrogens is 424 g/mol. The smallest absolute Gasteiger partial charge is 0.284 e. The van der Waals surface area contributed by atoms with Crippen LogP contribution < -0.4 is 5.73 Å². The number of hydrogen-bond acceptors (Lipinski definition) is 3. The molecule has 30 heavy (non-hydrogen) atoms. The van der Waals surface area contributed by atoms with Gasteiger partial charge in [0.2, 0.25) is 5.91 Å². The summed E-state index contributed by atoms with van der Waals surface area (Å²) in [6, 6.07) is 13.3. The van der Waals surface area contributed by atoms with Gasteiger partial charge in [0.15, 0.2) is 0 Å². The Labute approximate surface area is 180 Å². The van der Waals surface area contributed by atoms with E-state index in [0.717, 1.165) is 0 Å². The number of H-pyrrole nitrogens is 1. The van der Waals surface area contributed by atoms with E-state index in [-0.39, 0.29) is 4.90 Å². The van der Waals surface area contributed by atoms with Gasteiger partial charge in [-0.2, -0.15) is 8.42 Å². The summed E-state index contributed by atoms with van der Waals surface area (Å²) in [6.45, 7) is 0. The van der Waals surface area contributed by atoms with E-state index in [0.29, 0.717) is 27.3 Å². The third-order valence-corrected chi connectivity index (χ3v) is 6.05. The largest absolute Gasteiger partial charge is 0.369 e. The average Bonchev–Trinajstić information content (AvgIpc) is 3.22. The van der Waals surface area contributed by atoms with Gasteiger partial charge in [0, 0.05) is 42.6 Å². The van der Waals surface area contributed by atoms with Gasteiger partial charge in [-0.25, -0.2) is 0 Å². The van der Waals surface area contributed by atoms with Crippen molar-refractivity contribution in [1.29, 1.82) is 0 Å². The molecule has 0 radical (unpaired) electrons.